The van der Waals surface area contributed by atoms with Gasteiger partial charge in [0.15, 0.2) is 0 Å². The van der Waals surface area contributed by atoms with E-state index in [4.69, 9.17) is 4.98 Å². The lowest BCUT2D eigenvalue weighted by molar-refractivity contribution is -0.146. The molecule has 4 fully saturated rings. The molecule has 4 bridgehead atoms. The number of carbonyl (C=O) groups is 1. The first-order valence-electron chi connectivity index (χ1n) is 10.8. The van der Waals surface area contributed by atoms with Crippen molar-refractivity contribution in [3.63, 3.8) is 0 Å². The van der Waals surface area contributed by atoms with E-state index in [9.17, 15) is 4.79 Å². The first-order chi connectivity index (χ1) is 13.0. The molecule has 6 rings (SSSR count). The van der Waals surface area contributed by atoms with Crippen LogP contribution < -0.4 is 5.32 Å². The molecule has 1 heterocycles. The molecule has 0 aliphatic heterocycles. The summed E-state index contributed by atoms with van der Waals surface area (Å²) in [6, 6.07) is 8.69. The lowest BCUT2D eigenvalue weighted by Crippen LogP contribution is -2.53. The molecule has 4 saturated carbocycles. The van der Waals surface area contributed by atoms with Crippen molar-refractivity contribution >= 4 is 16.9 Å². The summed E-state index contributed by atoms with van der Waals surface area (Å²) in [6.07, 6.45) is 8.34. The van der Waals surface area contributed by atoms with Crippen molar-refractivity contribution in [3.8, 4) is 0 Å². The predicted octanol–water partition coefficient (Wildman–Crippen LogP) is 4.49. The van der Waals surface area contributed by atoms with Crippen molar-refractivity contribution < 1.29 is 4.79 Å². The van der Waals surface area contributed by atoms with Gasteiger partial charge in [-0.05, 0) is 82.3 Å². The molecule has 2 aromatic rings. The van der Waals surface area contributed by atoms with Crippen LogP contribution in [0.3, 0.4) is 0 Å². The summed E-state index contributed by atoms with van der Waals surface area (Å²) in [5.41, 5.74) is 2.19. The largest absolute Gasteiger partial charge is 0.355 e. The molecule has 0 spiro atoms. The van der Waals surface area contributed by atoms with Gasteiger partial charge in [-0.15, -0.1) is 0 Å². The molecule has 1 N–H and O–H groups in total. The number of hydrogen-bond donors (Lipinski definition) is 1. The quantitative estimate of drug-likeness (QED) is 0.848. The lowest BCUT2D eigenvalue weighted by atomic mass is 9.49. The van der Waals surface area contributed by atoms with Crippen molar-refractivity contribution in [1.82, 2.24) is 14.9 Å². The number of rotatable bonds is 5. The molecule has 1 amide bonds. The number of nitrogens with zero attached hydrogens (tertiary/aromatic N) is 2. The van der Waals surface area contributed by atoms with Crippen LogP contribution in [0.1, 0.15) is 64.2 Å². The number of imidazole rings is 1. The van der Waals surface area contributed by atoms with Crippen LogP contribution in [0.15, 0.2) is 24.3 Å². The van der Waals surface area contributed by atoms with Gasteiger partial charge in [-0.25, -0.2) is 4.98 Å². The smallest absolute Gasteiger partial charge is 0.226 e. The number of benzene rings is 1. The third-order valence-corrected chi connectivity index (χ3v) is 7.34. The van der Waals surface area contributed by atoms with Crippen LogP contribution in [-0.2, 0) is 11.2 Å². The number of nitrogens with one attached hydrogen (secondary N) is 1. The number of amides is 1. The second-order valence-corrected chi connectivity index (χ2v) is 9.68. The van der Waals surface area contributed by atoms with Crippen molar-refractivity contribution in [1.29, 1.82) is 0 Å². The van der Waals surface area contributed by atoms with Gasteiger partial charge in [-0.2, -0.15) is 0 Å². The van der Waals surface area contributed by atoms with Crippen molar-refractivity contribution in [3.05, 3.63) is 30.1 Å². The van der Waals surface area contributed by atoms with Gasteiger partial charge >= 0.3 is 0 Å². The van der Waals surface area contributed by atoms with Gasteiger partial charge in [0.1, 0.15) is 5.82 Å². The normalized spacial score (nSPS) is 31.7. The Morgan fingerprint density at radius 1 is 1.15 bits per heavy atom. The van der Waals surface area contributed by atoms with E-state index in [0.29, 0.717) is 18.5 Å². The summed E-state index contributed by atoms with van der Waals surface area (Å²) in [6.45, 7) is 5.09. The molecule has 4 nitrogen and oxygen atoms in total. The van der Waals surface area contributed by atoms with Gasteiger partial charge in [0.2, 0.25) is 5.91 Å². The average Bonchev–Trinajstić information content (AvgIpc) is 2.99. The zero-order valence-electron chi connectivity index (χ0n) is 16.6. The molecular formula is C23H31N3O. The Morgan fingerprint density at radius 3 is 2.41 bits per heavy atom. The summed E-state index contributed by atoms with van der Waals surface area (Å²) in [5, 5.41) is 3.31. The monoisotopic (exact) mass is 365 g/mol. The van der Waals surface area contributed by atoms with E-state index in [0.717, 1.165) is 54.8 Å². The van der Waals surface area contributed by atoms with Crippen LogP contribution in [-0.4, -0.2) is 22.0 Å². The molecule has 144 valence electrons. The van der Waals surface area contributed by atoms with Gasteiger partial charge in [-0.3, -0.25) is 4.79 Å². The van der Waals surface area contributed by atoms with Crippen molar-refractivity contribution in [2.75, 3.05) is 6.54 Å². The van der Waals surface area contributed by atoms with Crippen molar-refractivity contribution in [2.45, 2.75) is 64.8 Å². The standard InChI is InChI=1S/C23H31N3O/c1-15(2)26-20-6-4-3-5-19(20)25-21(26)7-8-24-22(27)23-12-16-9-17(13-23)11-18(10-16)14-23/h3-6,15-18H,7-14H2,1-2H3,(H,24,27). The first-order valence-corrected chi connectivity index (χ1v) is 10.8. The molecule has 27 heavy (non-hydrogen) atoms. The average molecular weight is 366 g/mol. The fraction of sp³-hybridized carbons (Fsp3) is 0.652. The highest BCUT2D eigenvalue weighted by Gasteiger charge is 2.54. The van der Waals surface area contributed by atoms with Crippen LogP contribution in [0.2, 0.25) is 0 Å². The maximum Gasteiger partial charge on any atom is 0.226 e. The predicted molar refractivity (Wildman–Crippen MR) is 107 cm³/mol. The molecule has 0 saturated heterocycles. The highest BCUT2D eigenvalue weighted by atomic mass is 16.2. The number of carbonyl (C=O) groups excluding carboxylic acids is 1. The zero-order chi connectivity index (χ0) is 18.6. The maximum atomic E-state index is 13.1. The molecule has 4 aliphatic carbocycles. The van der Waals surface area contributed by atoms with E-state index in [-0.39, 0.29) is 5.41 Å². The number of para-hydroxylation sites is 2. The molecule has 0 atom stereocenters. The van der Waals surface area contributed by atoms with Crippen molar-refractivity contribution in [2.24, 2.45) is 23.2 Å². The third-order valence-electron chi connectivity index (χ3n) is 7.34. The Labute approximate surface area is 161 Å². The van der Waals surface area contributed by atoms with Gasteiger partial charge in [-0.1, -0.05) is 12.1 Å². The van der Waals surface area contributed by atoms with E-state index in [2.05, 4.69) is 41.9 Å². The first kappa shape index (κ1) is 17.3. The highest BCUT2D eigenvalue weighted by molar-refractivity contribution is 5.83. The minimum absolute atomic E-state index is 0.0487. The summed E-state index contributed by atoms with van der Waals surface area (Å²) < 4.78 is 2.31. The Bertz CT molecular complexity index is 830. The summed E-state index contributed by atoms with van der Waals surface area (Å²) in [5.74, 6) is 3.84. The van der Waals surface area contributed by atoms with Crippen LogP contribution in [0.4, 0.5) is 0 Å². The van der Waals surface area contributed by atoms with E-state index in [1.54, 1.807) is 0 Å². The molecule has 0 unspecified atom stereocenters. The molecule has 4 aliphatic rings. The highest BCUT2D eigenvalue weighted by Crippen LogP contribution is 2.60. The topological polar surface area (TPSA) is 46.9 Å². The van der Waals surface area contributed by atoms with Crippen LogP contribution >= 0.6 is 0 Å². The van der Waals surface area contributed by atoms with Gasteiger partial charge in [0, 0.05) is 24.4 Å². The number of aromatic nitrogens is 2. The molecule has 0 radical (unpaired) electrons. The van der Waals surface area contributed by atoms with E-state index in [1.807, 2.05) is 6.07 Å². The molecule has 1 aromatic carbocycles. The van der Waals surface area contributed by atoms with Crippen LogP contribution in [0, 0.1) is 23.2 Å². The van der Waals surface area contributed by atoms with E-state index < -0.39 is 0 Å². The van der Waals surface area contributed by atoms with Gasteiger partial charge < -0.3 is 9.88 Å². The summed E-state index contributed by atoms with van der Waals surface area (Å²) in [7, 11) is 0. The SMILES string of the molecule is CC(C)n1c(CCNC(=O)C23CC4CC(CC(C4)C2)C3)nc2ccccc21. The van der Waals surface area contributed by atoms with Gasteiger partial charge in [0.05, 0.1) is 11.0 Å². The Morgan fingerprint density at radius 2 is 1.78 bits per heavy atom. The Kier molecular flexibility index (Phi) is 4.06. The zero-order valence-corrected chi connectivity index (χ0v) is 16.6. The summed E-state index contributed by atoms with van der Waals surface area (Å²) >= 11 is 0. The molecule has 4 heteroatoms. The van der Waals surface area contributed by atoms with Gasteiger partial charge in [0.25, 0.3) is 0 Å². The Balaban J connectivity index is 1.28. The lowest BCUT2D eigenvalue weighted by Gasteiger charge is -2.55. The fourth-order valence-electron chi connectivity index (χ4n) is 6.71. The third kappa shape index (κ3) is 2.88. The number of hydrogen-bond acceptors (Lipinski definition) is 2. The van der Waals surface area contributed by atoms with Crippen LogP contribution in [0.25, 0.3) is 11.0 Å². The number of fused-ring (bicyclic) bond motifs is 1. The second kappa shape index (κ2) is 6.35. The van der Waals surface area contributed by atoms with E-state index >= 15 is 0 Å². The molecule has 1 aromatic heterocycles. The molecular weight excluding hydrogens is 334 g/mol. The summed E-state index contributed by atoms with van der Waals surface area (Å²) in [4.78, 5) is 18.0. The van der Waals surface area contributed by atoms with E-state index in [1.165, 1.54) is 24.8 Å². The Hall–Kier alpha value is -1.84. The second-order valence-electron chi connectivity index (χ2n) is 9.68. The fourth-order valence-corrected chi connectivity index (χ4v) is 6.71. The minimum Gasteiger partial charge on any atom is -0.355 e. The van der Waals surface area contributed by atoms with Crippen LogP contribution in [0.5, 0.6) is 0 Å². The minimum atomic E-state index is -0.0487. The maximum absolute atomic E-state index is 13.1.